The SMILES string of the molecule is C=C(C)CNc1ccc(N2CCOCC2)cc1. The molecule has 1 saturated heterocycles. The Morgan fingerprint density at radius 3 is 2.53 bits per heavy atom. The molecule has 0 aliphatic carbocycles. The second-order valence-corrected chi connectivity index (χ2v) is 4.46. The highest BCUT2D eigenvalue weighted by Gasteiger charge is 2.10. The van der Waals surface area contributed by atoms with Gasteiger partial charge in [-0.1, -0.05) is 12.2 Å². The number of morpholine rings is 1. The van der Waals surface area contributed by atoms with Gasteiger partial charge in [0.05, 0.1) is 13.2 Å². The van der Waals surface area contributed by atoms with E-state index in [-0.39, 0.29) is 0 Å². The summed E-state index contributed by atoms with van der Waals surface area (Å²) in [5, 5.41) is 3.33. The lowest BCUT2D eigenvalue weighted by Gasteiger charge is -2.28. The minimum absolute atomic E-state index is 0.829. The van der Waals surface area contributed by atoms with Crippen molar-refractivity contribution in [1.82, 2.24) is 0 Å². The number of benzene rings is 1. The Morgan fingerprint density at radius 2 is 1.94 bits per heavy atom. The standard InChI is InChI=1S/C14H20N2O/c1-12(2)11-15-13-3-5-14(6-4-13)16-7-9-17-10-8-16/h3-6,15H,1,7-11H2,2H3. The lowest BCUT2D eigenvalue weighted by Crippen LogP contribution is -2.36. The van der Waals surface area contributed by atoms with Gasteiger partial charge in [0.2, 0.25) is 0 Å². The van der Waals surface area contributed by atoms with Gasteiger partial charge in [-0.25, -0.2) is 0 Å². The minimum Gasteiger partial charge on any atom is -0.381 e. The molecule has 0 amide bonds. The number of nitrogens with zero attached hydrogens (tertiary/aromatic N) is 1. The van der Waals surface area contributed by atoms with Crippen LogP contribution in [0.25, 0.3) is 0 Å². The highest BCUT2D eigenvalue weighted by Crippen LogP contribution is 2.18. The van der Waals surface area contributed by atoms with Gasteiger partial charge in [0.15, 0.2) is 0 Å². The number of anilines is 2. The van der Waals surface area contributed by atoms with Crippen molar-refractivity contribution < 1.29 is 4.74 Å². The molecule has 17 heavy (non-hydrogen) atoms. The van der Waals surface area contributed by atoms with Gasteiger partial charge in [0.1, 0.15) is 0 Å². The van der Waals surface area contributed by atoms with Gasteiger partial charge in [-0.3, -0.25) is 0 Å². The van der Waals surface area contributed by atoms with E-state index in [2.05, 4.69) is 41.1 Å². The fraction of sp³-hybridized carbons (Fsp3) is 0.429. The number of nitrogens with one attached hydrogen (secondary N) is 1. The van der Waals surface area contributed by atoms with Crippen LogP contribution in [0.4, 0.5) is 11.4 Å². The molecule has 0 bridgehead atoms. The van der Waals surface area contributed by atoms with E-state index in [4.69, 9.17) is 4.74 Å². The van der Waals surface area contributed by atoms with E-state index in [1.165, 1.54) is 5.69 Å². The summed E-state index contributed by atoms with van der Waals surface area (Å²) in [6, 6.07) is 8.56. The van der Waals surface area contributed by atoms with E-state index in [0.29, 0.717) is 0 Å². The summed E-state index contributed by atoms with van der Waals surface area (Å²) >= 11 is 0. The van der Waals surface area contributed by atoms with Gasteiger partial charge in [0.25, 0.3) is 0 Å². The molecule has 1 heterocycles. The maximum absolute atomic E-state index is 5.35. The molecule has 1 aromatic rings. The van der Waals surface area contributed by atoms with Crippen LogP contribution in [0.15, 0.2) is 36.4 Å². The molecule has 0 aromatic heterocycles. The molecule has 0 unspecified atom stereocenters. The van der Waals surface area contributed by atoms with E-state index < -0.39 is 0 Å². The minimum atomic E-state index is 0.829. The zero-order chi connectivity index (χ0) is 12.1. The molecule has 1 aromatic carbocycles. The third-order valence-corrected chi connectivity index (χ3v) is 2.84. The molecule has 3 heteroatoms. The lowest BCUT2D eigenvalue weighted by molar-refractivity contribution is 0.122. The highest BCUT2D eigenvalue weighted by atomic mass is 16.5. The molecule has 1 N–H and O–H groups in total. The Balaban J connectivity index is 1.94. The summed E-state index contributed by atoms with van der Waals surface area (Å²) in [4.78, 5) is 2.35. The average Bonchev–Trinajstić information content (AvgIpc) is 2.38. The van der Waals surface area contributed by atoms with Crippen LogP contribution in [-0.4, -0.2) is 32.8 Å². The van der Waals surface area contributed by atoms with Crippen molar-refractivity contribution in [3.63, 3.8) is 0 Å². The first-order valence-corrected chi connectivity index (χ1v) is 6.07. The maximum atomic E-state index is 5.35. The Hall–Kier alpha value is -1.48. The van der Waals surface area contributed by atoms with Crippen molar-refractivity contribution in [2.24, 2.45) is 0 Å². The molecular weight excluding hydrogens is 212 g/mol. The van der Waals surface area contributed by atoms with Crippen molar-refractivity contribution in [2.75, 3.05) is 43.1 Å². The summed E-state index contributed by atoms with van der Waals surface area (Å²) in [5.41, 5.74) is 3.56. The molecule has 1 aliphatic heterocycles. The molecule has 0 saturated carbocycles. The molecule has 92 valence electrons. The predicted molar refractivity (Wildman–Crippen MR) is 72.8 cm³/mol. The first kappa shape index (κ1) is 12.0. The Labute approximate surface area is 103 Å². The summed E-state index contributed by atoms with van der Waals surface area (Å²) < 4.78 is 5.35. The van der Waals surface area contributed by atoms with Gasteiger partial charge in [-0.2, -0.15) is 0 Å². The number of hydrogen-bond donors (Lipinski definition) is 1. The van der Waals surface area contributed by atoms with Crippen molar-refractivity contribution in [2.45, 2.75) is 6.92 Å². The Morgan fingerprint density at radius 1 is 1.29 bits per heavy atom. The van der Waals surface area contributed by atoms with E-state index >= 15 is 0 Å². The number of hydrogen-bond acceptors (Lipinski definition) is 3. The van der Waals surface area contributed by atoms with Crippen LogP contribution >= 0.6 is 0 Å². The zero-order valence-corrected chi connectivity index (χ0v) is 10.4. The van der Waals surface area contributed by atoms with Gasteiger partial charge in [0, 0.05) is 31.0 Å². The van der Waals surface area contributed by atoms with Crippen LogP contribution in [0, 0.1) is 0 Å². The maximum Gasteiger partial charge on any atom is 0.0642 e. The van der Waals surface area contributed by atoms with Crippen molar-refractivity contribution in [3.05, 3.63) is 36.4 Å². The van der Waals surface area contributed by atoms with Crippen molar-refractivity contribution in [3.8, 4) is 0 Å². The van der Waals surface area contributed by atoms with E-state index in [9.17, 15) is 0 Å². The van der Waals surface area contributed by atoms with Gasteiger partial charge in [-0.05, 0) is 31.2 Å². The number of rotatable bonds is 4. The third-order valence-electron chi connectivity index (χ3n) is 2.84. The highest BCUT2D eigenvalue weighted by molar-refractivity contribution is 5.55. The number of ether oxygens (including phenoxy) is 1. The van der Waals surface area contributed by atoms with Gasteiger partial charge in [-0.15, -0.1) is 0 Å². The third kappa shape index (κ3) is 3.49. The van der Waals surface area contributed by atoms with E-state index in [0.717, 1.165) is 44.1 Å². The van der Waals surface area contributed by atoms with Gasteiger partial charge < -0.3 is 15.0 Å². The zero-order valence-electron chi connectivity index (χ0n) is 10.4. The van der Waals surface area contributed by atoms with E-state index in [1.807, 2.05) is 6.92 Å². The van der Waals surface area contributed by atoms with Crippen molar-refractivity contribution in [1.29, 1.82) is 0 Å². The molecular formula is C14H20N2O. The second kappa shape index (κ2) is 5.73. The van der Waals surface area contributed by atoms with Crippen molar-refractivity contribution >= 4 is 11.4 Å². The normalized spacial score (nSPS) is 15.7. The first-order chi connectivity index (χ1) is 8.25. The summed E-state index contributed by atoms with van der Waals surface area (Å²) in [5.74, 6) is 0. The summed E-state index contributed by atoms with van der Waals surface area (Å²) in [6.45, 7) is 10.4. The first-order valence-electron chi connectivity index (χ1n) is 6.07. The fourth-order valence-electron chi connectivity index (χ4n) is 1.86. The van der Waals surface area contributed by atoms with Crippen LogP contribution in [0.2, 0.25) is 0 Å². The molecule has 1 fully saturated rings. The van der Waals surface area contributed by atoms with Gasteiger partial charge >= 0.3 is 0 Å². The predicted octanol–water partition coefficient (Wildman–Crippen LogP) is 2.51. The lowest BCUT2D eigenvalue weighted by atomic mass is 10.2. The molecule has 0 atom stereocenters. The molecule has 0 spiro atoms. The van der Waals surface area contributed by atoms with Crippen LogP contribution in [0.5, 0.6) is 0 Å². The topological polar surface area (TPSA) is 24.5 Å². The molecule has 2 rings (SSSR count). The van der Waals surface area contributed by atoms with Crippen LogP contribution < -0.4 is 10.2 Å². The fourth-order valence-corrected chi connectivity index (χ4v) is 1.86. The summed E-state index contributed by atoms with van der Waals surface area (Å²) in [7, 11) is 0. The molecule has 0 radical (unpaired) electrons. The van der Waals surface area contributed by atoms with Crippen LogP contribution in [0.3, 0.4) is 0 Å². The molecule has 3 nitrogen and oxygen atoms in total. The average molecular weight is 232 g/mol. The Bertz CT molecular complexity index is 366. The van der Waals surface area contributed by atoms with Crippen LogP contribution in [-0.2, 0) is 4.74 Å². The Kier molecular flexibility index (Phi) is 4.04. The van der Waals surface area contributed by atoms with E-state index in [1.54, 1.807) is 0 Å². The quantitative estimate of drug-likeness (QED) is 0.807. The second-order valence-electron chi connectivity index (χ2n) is 4.46. The smallest absolute Gasteiger partial charge is 0.0642 e. The van der Waals surface area contributed by atoms with Crippen LogP contribution in [0.1, 0.15) is 6.92 Å². The monoisotopic (exact) mass is 232 g/mol. The largest absolute Gasteiger partial charge is 0.381 e. The summed E-state index contributed by atoms with van der Waals surface area (Å²) in [6.07, 6.45) is 0. The molecule has 1 aliphatic rings.